The number of halogens is 1. The van der Waals surface area contributed by atoms with Crippen molar-refractivity contribution in [3.05, 3.63) is 33.3 Å². The second-order valence-corrected chi connectivity index (χ2v) is 5.66. The zero-order valence-electron chi connectivity index (χ0n) is 10.5. The predicted molar refractivity (Wildman–Crippen MR) is 74.7 cm³/mol. The Bertz CT molecular complexity index is 505. The minimum Gasteiger partial charge on any atom is -0.375 e. The monoisotopic (exact) mass is 281 g/mol. The molecule has 1 aromatic carbocycles. The fraction of sp³-hybridized carbons (Fsp3) is 0.538. The summed E-state index contributed by atoms with van der Waals surface area (Å²) in [6, 6.07) is 6.05. The fourth-order valence-corrected chi connectivity index (χ4v) is 2.96. The van der Waals surface area contributed by atoms with Gasteiger partial charge in [0.25, 0.3) is 0 Å². The molecule has 0 aromatic heterocycles. The van der Waals surface area contributed by atoms with Crippen molar-refractivity contribution in [3.63, 3.8) is 0 Å². The molecule has 19 heavy (non-hydrogen) atoms. The molecule has 0 spiro atoms. The van der Waals surface area contributed by atoms with Gasteiger partial charge in [-0.1, -0.05) is 17.7 Å². The van der Waals surface area contributed by atoms with E-state index < -0.39 is 4.92 Å². The van der Waals surface area contributed by atoms with E-state index in [0.717, 1.165) is 25.6 Å². The molecular formula is C13H16ClN3O2. The zero-order valence-corrected chi connectivity index (χ0v) is 11.3. The highest BCUT2D eigenvalue weighted by Crippen LogP contribution is 2.35. The molecule has 1 N–H and O–H groups in total. The van der Waals surface area contributed by atoms with Crippen molar-refractivity contribution in [2.24, 2.45) is 0 Å². The molecule has 102 valence electrons. The number of nitrogens with zero attached hydrogens (tertiary/aromatic N) is 2. The summed E-state index contributed by atoms with van der Waals surface area (Å²) in [5, 5.41) is 14.5. The Morgan fingerprint density at radius 1 is 1.37 bits per heavy atom. The van der Waals surface area contributed by atoms with Gasteiger partial charge in [0.05, 0.1) is 4.92 Å². The topological polar surface area (TPSA) is 58.4 Å². The first-order valence-corrected chi connectivity index (χ1v) is 6.96. The summed E-state index contributed by atoms with van der Waals surface area (Å²) in [7, 11) is 0. The molecule has 1 unspecified atom stereocenters. The van der Waals surface area contributed by atoms with E-state index in [1.165, 1.54) is 12.8 Å². The molecule has 3 rings (SSSR count). The minimum absolute atomic E-state index is 0.0194. The molecule has 1 atom stereocenters. The van der Waals surface area contributed by atoms with Gasteiger partial charge in [0.15, 0.2) is 0 Å². The number of hydrogen-bond acceptors (Lipinski definition) is 4. The van der Waals surface area contributed by atoms with Gasteiger partial charge in [-0.3, -0.25) is 15.0 Å². The molecule has 1 saturated heterocycles. The number of anilines is 1. The second kappa shape index (κ2) is 4.98. The van der Waals surface area contributed by atoms with Gasteiger partial charge in [-0.25, -0.2) is 0 Å². The van der Waals surface area contributed by atoms with Crippen LogP contribution in [0.4, 0.5) is 11.4 Å². The van der Waals surface area contributed by atoms with E-state index >= 15 is 0 Å². The molecule has 0 radical (unpaired) electrons. The predicted octanol–water partition coefficient (Wildman–Crippen LogP) is 2.90. The largest absolute Gasteiger partial charge is 0.375 e. The van der Waals surface area contributed by atoms with Crippen LogP contribution in [0, 0.1) is 10.1 Å². The lowest BCUT2D eigenvalue weighted by atomic mass is 10.2. The summed E-state index contributed by atoms with van der Waals surface area (Å²) in [6.45, 7) is 2.05. The smallest absolute Gasteiger partial charge is 0.310 e. The van der Waals surface area contributed by atoms with E-state index in [-0.39, 0.29) is 16.8 Å². The van der Waals surface area contributed by atoms with E-state index in [9.17, 15) is 10.1 Å². The first-order chi connectivity index (χ1) is 9.15. The molecule has 0 bridgehead atoms. The lowest BCUT2D eigenvalue weighted by Gasteiger charge is -2.16. The Kier molecular flexibility index (Phi) is 3.33. The molecule has 1 aromatic rings. The van der Waals surface area contributed by atoms with Crippen LogP contribution < -0.4 is 5.32 Å². The normalized spacial score (nSPS) is 23.5. The molecule has 0 amide bonds. The summed E-state index contributed by atoms with van der Waals surface area (Å²) in [5.41, 5.74) is 0.509. The van der Waals surface area contributed by atoms with Crippen LogP contribution in [-0.4, -0.2) is 35.0 Å². The maximum absolute atomic E-state index is 11.1. The average molecular weight is 282 g/mol. The second-order valence-electron chi connectivity index (χ2n) is 5.25. The highest BCUT2D eigenvalue weighted by molar-refractivity contribution is 6.33. The average Bonchev–Trinajstić information content (AvgIpc) is 3.10. The van der Waals surface area contributed by atoms with Gasteiger partial charge in [-0.2, -0.15) is 0 Å². The van der Waals surface area contributed by atoms with Crippen LogP contribution in [-0.2, 0) is 0 Å². The van der Waals surface area contributed by atoms with Gasteiger partial charge in [-0.15, -0.1) is 0 Å². The first-order valence-electron chi connectivity index (χ1n) is 6.58. The number of likely N-dealkylation sites (tertiary alicyclic amines) is 1. The number of rotatable bonds is 4. The fourth-order valence-electron chi connectivity index (χ4n) is 2.71. The van der Waals surface area contributed by atoms with Crippen molar-refractivity contribution in [1.29, 1.82) is 0 Å². The van der Waals surface area contributed by atoms with Crippen LogP contribution in [0.15, 0.2) is 18.2 Å². The molecular weight excluding hydrogens is 266 g/mol. The van der Waals surface area contributed by atoms with E-state index in [0.29, 0.717) is 5.69 Å². The van der Waals surface area contributed by atoms with Gasteiger partial charge in [0.2, 0.25) is 0 Å². The van der Waals surface area contributed by atoms with Crippen LogP contribution in [0.5, 0.6) is 0 Å². The maximum Gasteiger partial charge on any atom is 0.310 e. The number of para-hydroxylation sites is 1. The van der Waals surface area contributed by atoms with Gasteiger partial charge < -0.3 is 5.32 Å². The molecule has 2 fully saturated rings. The molecule has 1 aliphatic heterocycles. The quantitative estimate of drug-likeness (QED) is 0.681. The highest BCUT2D eigenvalue weighted by atomic mass is 35.5. The Balaban J connectivity index is 1.73. The molecule has 5 nitrogen and oxygen atoms in total. The van der Waals surface area contributed by atoms with Crippen molar-refractivity contribution in [1.82, 2.24) is 4.90 Å². The summed E-state index contributed by atoms with van der Waals surface area (Å²) >= 11 is 5.91. The first kappa shape index (κ1) is 12.7. The number of hydrogen-bond donors (Lipinski definition) is 1. The summed E-state index contributed by atoms with van der Waals surface area (Å²) in [6.07, 6.45) is 3.62. The lowest BCUT2D eigenvalue weighted by Crippen LogP contribution is -2.27. The number of benzene rings is 1. The third kappa shape index (κ3) is 2.67. The van der Waals surface area contributed by atoms with Gasteiger partial charge in [0, 0.05) is 25.2 Å². The maximum atomic E-state index is 11.1. The van der Waals surface area contributed by atoms with Crippen molar-refractivity contribution < 1.29 is 4.92 Å². The Morgan fingerprint density at radius 2 is 2.16 bits per heavy atom. The molecule has 6 heteroatoms. The van der Waals surface area contributed by atoms with E-state index in [2.05, 4.69) is 10.2 Å². The lowest BCUT2D eigenvalue weighted by molar-refractivity contribution is -0.383. The van der Waals surface area contributed by atoms with Crippen molar-refractivity contribution in [3.8, 4) is 0 Å². The van der Waals surface area contributed by atoms with Crippen LogP contribution in [0.1, 0.15) is 19.3 Å². The SMILES string of the molecule is O=[N+]([O-])c1c(Cl)cccc1NC1CCN(C2CC2)C1. The standard InChI is InChI=1S/C13H16ClN3O2/c14-11-2-1-3-12(13(11)17(18)19)15-9-6-7-16(8-9)10-4-5-10/h1-3,9-10,15H,4-8H2. The number of nitro groups is 1. The van der Waals surface area contributed by atoms with Crippen LogP contribution in [0.2, 0.25) is 5.02 Å². The van der Waals surface area contributed by atoms with Crippen molar-refractivity contribution in [2.75, 3.05) is 18.4 Å². The van der Waals surface area contributed by atoms with E-state index in [1.54, 1.807) is 18.2 Å². The highest BCUT2D eigenvalue weighted by Gasteiger charge is 2.35. The third-order valence-electron chi connectivity index (χ3n) is 3.81. The van der Waals surface area contributed by atoms with Gasteiger partial charge in [0.1, 0.15) is 10.7 Å². The van der Waals surface area contributed by atoms with Crippen molar-refractivity contribution >= 4 is 23.0 Å². The van der Waals surface area contributed by atoms with Gasteiger partial charge >= 0.3 is 5.69 Å². The molecule has 1 heterocycles. The Labute approximate surface area is 116 Å². The Hall–Kier alpha value is -1.33. The van der Waals surface area contributed by atoms with Crippen LogP contribution >= 0.6 is 11.6 Å². The molecule has 1 aliphatic carbocycles. The van der Waals surface area contributed by atoms with Gasteiger partial charge in [-0.05, 0) is 31.4 Å². The summed E-state index contributed by atoms with van der Waals surface area (Å²) in [5.74, 6) is 0. The Morgan fingerprint density at radius 3 is 2.84 bits per heavy atom. The van der Waals surface area contributed by atoms with Crippen molar-refractivity contribution in [2.45, 2.75) is 31.3 Å². The third-order valence-corrected chi connectivity index (χ3v) is 4.12. The van der Waals surface area contributed by atoms with Crippen LogP contribution in [0.25, 0.3) is 0 Å². The summed E-state index contributed by atoms with van der Waals surface area (Å²) < 4.78 is 0. The van der Waals surface area contributed by atoms with E-state index in [1.807, 2.05) is 0 Å². The van der Waals surface area contributed by atoms with E-state index in [4.69, 9.17) is 11.6 Å². The molecule has 2 aliphatic rings. The van der Waals surface area contributed by atoms with Crippen LogP contribution in [0.3, 0.4) is 0 Å². The summed E-state index contributed by atoms with van der Waals surface area (Å²) in [4.78, 5) is 13.1. The minimum atomic E-state index is -0.418. The zero-order chi connectivity index (χ0) is 13.4. The number of nitro benzene ring substituents is 1. The molecule has 1 saturated carbocycles. The number of nitrogens with one attached hydrogen (secondary N) is 1.